The van der Waals surface area contributed by atoms with Gasteiger partial charge in [0, 0.05) is 25.7 Å². The Balaban J connectivity index is 1.93. The van der Waals surface area contributed by atoms with Gasteiger partial charge in [-0.05, 0) is 73.0 Å². The van der Waals surface area contributed by atoms with Gasteiger partial charge in [0.2, 0.25) is 0 Å². The first-order valence-corrected chi connectivity index (χ1v) is 8.25. The van der Waals surface area contributed by atoms with E-state index in [1.54, 1.807) is 28.6 Å². The molecule has 106 valence electrons. The van der Waals surface area contributed by atoms with Crippen LogP contribution in [0, 0.1) is 0 Å². The molecule has 0 aromatic heterocycles. The Morgan fingerprint density at radius 2 is 1.90 bits per heavy atom. The molecule has 0 N–H and O–H groups in total. The molecule has 0 atom stereocenters. The lowest BCUT2D eigenvalue weighted by Crippen LogP contribution is -2.24. The molecular weight excluding hydrogens is 370 g/mol. The van der Waals surface area contributed by atoms with Crippen molar-refractivity contribution >= 4 is 51.5 Å². The molecule has 3 rings (SSSR count). The molecule has 0 fully saturated rings. The molecule has 0 radical (unpaired) electrons. The summed E-state index contributed by atoms with van der Waals surface area (Å²) in [4.78, 5) is 13.7. The quantitative estimate of drug-likeness (QED) is 0.598. The predicted octanol–water partition coefficient (Wildman–Crippen LogP) is 5.63. The van der Waals surface area contributed by atoms with Crippen LogP contribution in [0.5, 0.6) is 0 Å². The molecule has 2 nitrogen and oxygen atoms in total. The highest BCUT2D eigenvalue weighted by Gasteiger charge is 2.23. The SMILES string of the molecule is CC1=Cc2cc(Br)ccc2SN1C(=O)c1ccc(Cl)cc1. The fourth-order valence-electron chi connectivity index (χ4n) is 2.08. The van der Waals surface area contributed by atoms with Crippen molar-refractivity contribution in [3.63, 3.8) is 0 Å². The van der Waals surface area contributed by atoms with Crippen LogP contribution in [0.3, 0.4) is 0 Å². The van der Waals surface area contributed by atoms with Gasteiger partial charge in [0.25, 0.3) is 5.91 Å². The first-order chi connectivity index (χ1) is 10.0. The highest BCUT2D eigenvalue weighted by molar-refractivity contribution is 9.10. The summed E-state index contributed by atoms with van der Waals surface area (Å²) in [6.45, 7) is 1.94. The lowest BCUT2D eigenvalue weighted by atomic mass is 10.1. The van der Waals surface area contributed by atoms with Crippen LogP contribution in [-0.4, -0.2) is 10.2 Å². The van der Waals surface area contributed by atoms with E-state index in [1.165, 1.54) is 11.9 Å². The average Bonchev–Trinajstić information content (AvgIpc) is 2.46. The second kappa shape index (κ2) is 5.87. The van der Waals surface area contributed by atoms with Gasteiger partial charge in [-0.15, -0.1) is 0 Å². The minimum Gasteiger partial charge on any atom is -0.268 e. The maximum atomic E-state index is 12.6. The topological polar surface area (TPSA) is 20.3 Å². The number of allylic oxidation sites excluding steroid dienone is 1. The van der Waals surface area contributed by atoms with Crippen molar-refractivity contribution in [1.82, 2.24) is 4.31 Å². The molecule has 1 aliphatic heterocycles. The lowest BCUT2D eigenvalue weighted by Gasteiger charge is -2.27. The molecule has 1 amide bonds. The molecule has 0 unspecified atom stereocenters. The number of hydrogen-bond acceptors (Lipinski definition) is 2. The average molecular weight is 381 g/mol. The summed E-state index contributed by atoms with van der Waals surface area (Å²) < 4.78 is 2.74. The van der Waals surface area contributed by atoms with Gasteiger partial charge in [0.05, 0.1) is 0 Å². The molecule has 1 heterocycles. The normalized spacial score (nSPS) is 13.7. The summed E-state index contributed by atoms with van der Waals surface area (Å²) in [5.74, 6) is -0.0426. The van der Waals surface area contributed by atoms with E-state index in [4.69, 9.17) is 11.6 Å². The largest absolute Gasteiger partial charge is 0.268 e. The van der Waals surface area contributed by atoms with E-state index < -0.39 is 0 Å². The Morgan fingerprint density at radius 1 is 1.19 bits per heavy atom. The van der Waals surface area contributed by atoms with Crippen molar-refractivity contribution in [1.29, 1.82) is 0 Å². The van der Waals surface area contributed by atoms with Gasteiger partial charge < -0.3 is 0 Å². The van der Waals surface area contributed by atoms with Gasteiger partial charge in [0.15, 0.2) is 0 Å². The zero-order valence-corrected chi connectivity index (χ0v) is 14.3. The van der Waals surface area contributed by atoms with Crippen molar-refractivity contribution in [3.05, 3.63) is 68.8 Å². The van der Waals surface area contributed by atoms with Crippen molar-refractivity contribution in [2.24, 2.45) is 0 Å². The van der Waals surface area contributed by atoms with Crippen LogP contribution in [0.15, 0.2) is 57.5 Å². The van der Waals surface area contributed by atoms with E-state index in [0.29, 0.717) is 10.6 Å². The summed E-state index contributed by atoms with van der Waals surface area (Å²) in [6, 6.07) is 13.0. The maximum Gasteiger partial charge on any atom is 0.268 e. The Hall–Kier alpha value is -1.23. The third-order valence-corrected chi connectivity index (χ3v) is 5.07. The smallest absolute Gasteiger partial charge is 0.268 e. The Bertz CT molecular complexity index is 742. The van der Waals surface area contributed by atoms with Gasteiger partial charge >= 0.3 is 0 Å². The van der Waals surface area contributed by atoms with Crippen LogP contribution in [-0.2, 0) is 0 Å². The van der Waals surface area contributed by atoms with Gasteiger partial charge in [-0.2, -0.15) is 0 Å². The Labute approximate surface area is 141 Å². The number of hydrogen-bond donors (Lipinski definition) is 0. The zero-order valence-electron chi connectivity index (χ0n) is 11.1. The zero-order chi connectivity index (χ0) is 15.0. The third kappa shape index (κ3) is 3.03. The number of amides is 1. The number of fused-ring (bicyclic) bond motifs is 1. The second-order valence-corrected chi connectivity index (χ2v) is 7.01. The first kappa shape index (κ1) is 14.7. The molecule has 0 spiro atoms. The summed E-state index contributed by atoms with van der Waals surface area (Å²) in [5, 5.41) is 0.625. The van der Waals surface area contributed by atoms with E-state index in [2.05, 4.69) is 22.0 Å². The molecule has 0 saturated heterocycles. The van der Waals surface area contributed by atoms with E-state index in [1.807, 2.05) is 25.1 Å². The van der Waals surface area contributed by atoms with Crippen LogP contribution in [0.1, 0.15) is 22.8 Å². The number of carbonyl (C=O) groups excluding carboxylic acids is 1. The molecule has 0 bridgehead atoms. The predicted molar refractivity (Wildman–Crippen MR) is 91.3 cm³/mol. The molecule has 0 saturated carbocycles. The van der Waals surface area contributed by atoms with Crippen LogP contribution in [0.4, 0.5) is 0 Å². The molecule has 5 heteroatoms. The van der Waals surface area contributed by atoms with E-state index in [0.717, 1.165) is 20.6 Å². The minimum absolute atomic E-state index is 0.0426. The van der Waals surface area contributed by atoms with E-state index in [-0.39, 0.29) is 5.91 Å². The minimum atomic E-state index is -0.0426. The highest BCUT2D eigenvalue weighted by Crippen LogP contribution is 2.38. The summed E-state index contributed by atoms with van der Waals surface area (Å²) in [5.41, 5.74) is 2.65. The number of rotatable bonds is 1. The molecule has 0 aliphatic carbocycles. The van der Waals surface area contributed by atoms with Crippen molar-refractivity contribution < 1.29 is 4.79 Å². The van der Waals surface area contributed by atoms with Gasteiger partial charge in [0.1, 0.15) is 0 Å². The summed E-state index contributed by atoms with van der Waals surface area (Å²) in [6.07, 6.45) is 2.02. The number of benzene rings is 2. The molecular formula is C16H11BrClNOS. The second-order valence-electron chi connectivity index (χ2n) is 4.67. The lowest BCUT2D eigenvalue weighted by molar-refractivity contribution is 0.0898. The molecule has 2 aromatic carbocycles. The standard InChI is InChI=1S/C16H11BrClNOS/c1-10-8-12-9-13(17)4-7-15(12)21-19(10)16(20)11-2-5-14(18)6-3-11/h2-9H,1H3. The van der Waals surface area contributed by atoms with E-state index in [9.17, 15) is 4.79 Å². The highest BCUT2D eigenvalue weighted by atomic mass is 79.9. The van der Waals surface area contributed by atoms with E-state index >= 15 is 0 Å². The van der Waals surface area contributed by atoms with Crippen molar-refractivity contribution in [2.75, 3.05) is 0 Å². The summed E-state index contributed by atoms with van der Waals surface area (Å²) >= 11 is 10.8. The Kier molecular flexibility index (Phi) is 4.11. The van der Waals surface area contributed by atoms with Crippen LogP contribution in [0.25, 0.3) is 6.08 Å². The fourth-order valence-corrected chi connectivity index (χ4v) is 3.52. The Morgan fingerprint density at radius 3 is 2.62 bits per heavy atom. The van der Waals surface area contributed by atoms with Gasteiger partial charge in [-0.1, -0.05) is 27.5 Å². The van der Waals surface area contributed by atoms with Crippen molar-refractivity contribution in [2.45, 2.75) is 11.8 Å². The third-order valence-electron chi connectivity index (χ3n) is 3.12. The molecule has 2 aromatic rings. The number of nitrogens with zero attached hydrogens (tertiary/aromatic N) is 1. The van der Waals surface area contributed by atoms with Crippen molar-refractivity contribution in [3.8, 4) is 0 Å². The summed E-state index contributed by atoms with van der Waals surface area (Å²) in [7, 11) is 0. The number of carbonyl (C=O) groups is 1. The first-order valence-electron chi connectivity index (χ1n) is 6.30. The van der Waals surface area contributed by atoms with Crippen LogP contribution >= 0.6 is 39.5 Å². The van der Waals surface area contributed by atoms with Gasteiger partial charge in [-0.25, -0.2) is 4.31 Å². The molecule has 1 aliphatic rings. The number of halogens is 2. The fraction of sp³-hybridized carbons (Fsp3) is 0.0625. The molecule has 21 heavy (non-hydrogen) atoms. The monoisotopic (exact) mass is 379 g/mol. The van der Waals surface area contributed by atoms with Crippen LogP contribution in [0.2, 0.25) is 5.02 Å². The van der Waals surface area contributed by atoms with Crippen LogP contribution < -0.4 is 0 Å². The van der Waals surface area contributed by atoms with Gasteiger partial charge in [-0.3, -0.25) is 4.79 Å². The maximum absolute atomic E-state index is 12.6.